The lowest BCUT2D eigenvalue weighted by Crippen LogP contribution is -1.99. The summed E-state index contributed by atoms with van der Waals surface area (Å²) in [6.45, 7) is 0. The summed E-state index contributed by atoms with van der Waals surface area (Å²) in [5, 5.41) is 7.17. The first kappa shape index (κ1) is 8.90. The van der Waals surface area contributed by atoms with E-state index in [-0.39, 0.29) is 17.0 Å². The number of fused-ring (bicyclic) bond motifs is 1. The molecule has 0 aliphatic heterocycles. The van der Waals surface area contributed by atoms with Crippen LogP contribution >= 0.6 is 11.6 Å². The maximum Gasteiger partial charge on any atom is 0.226 e. The average molecular weight is 209 g/mol. The summed E-state index contributed by atoms with van der Waals surface area (Å²) < 4.78 is 0. The number of carbonyl (C=O) groups is 2. The Hall–Kier alpha value is -1.68. The van der Waals surface area contributed by atoms with Crippen LogP contribution in [0.2, 0.25) is 5.15 Å². The van der Waals surface area contributed by atoms with Gasteiger partial charge in [0.2, 0.25) is 5.78 Å². The molecule has 0 fully saturated rings. The lowest BCUT2D eigenvalue weighted by atomic mass is 10.1. The summed E-state index contributed by atoms with van der Waals surface area (Å²) in [6, 6.07) is 4.90. The van der Waals surface area contributed by atoms with Crippen LogP contribution in [-0.4, -0.2) is 22.3 Å². The molecule has 0 aliphatic carbocycles. The van der Waals surface area contributed by atoms with E-state index in [0.717, 1.165) is 0 Å². The van der Waals surface area contributed by atoms with E-state index >= 15 is 0 Å². The number of hydrogen-bond donors (Lipinski definition) is 1. The van der Waals surface area contributed by atoms with Crippen molar-refractivity contribution >= 4 is 34.6 Å². The maximum absolute atomic E-state index is 11.2. The highest BCUT2D eigenvalue weighted by Crippen LogP contribution is 2.24. The Morgan fingerprint density at radius 1 is 1.50 bits per heavy atom. The molecular weight excluding hydrogens is 204 g/mol. The molecule has 2 rings (SSSR count). The Bertz CT molecular complexity index is 519. The fourth-order valence-corrected chi connectivity index (χ4v) is 1.54. The van der Waals surface area contributed by atoms with Crippen molar-refractivity contribution in [1.82, 2.24) is 10.2 Å². The molecule has 0 unspecified atom stereocenters. The van der Waals surface area contributed by atoms with Crippen molar-refractivity contribution in [2.45, 2.75) is 0 Å². The lowest BCUT2D eigenvalue weighted by Gasteiger charge is -1.95. The Balaban J connectivity index is 2.81. The van der Waals surface area contributed by atoms with Crippen molar-refractivity contribution in [2.75, 3.05) is 0 Å². The highest BCUT2D eigenvalue weighted by atomic mass is 35.5. The van der Waals surface area contributed by atoms with E-state index in [1.54, 1.807) is 18.2 Å². The summed E-state index contributed by atoms with van der Waals surface area (Å²) in [7, 11) is 0. The highest BCUT2D eigenvalue weighted by molar-refractivity contribution is 6.40. The van der Waals surface area contributed by atoms with E-state index in [9.17, 15) is 9.59 Å². The second-order valence-electron chi connectivity index (χ2n) is 2.72. The topological polar surface area (TPSA) is 62.8 Å². The number of nitrogens with zero attached hydrogens (tertiary/aromatic N) is 1. The largest absolute Gasteiger partial charge is 0.294 e. The Morgan fingerprint density at radius 3 is 3.00 bits per heavy atom. The summed E-state index contributed by atoms with van der Waals surface area (Å²) in [6.07, 6.45) is 0.262. The fraction of sp³-hybridized carbons (Fsp3) is 0. The number of aromatic nitrogens is 2. The number of aromatic amines is 1. The predicted molar refractivity (Wildman–Crippen MR) is 51.5 cm³/mol. The smallest absolute Gasteiger partial charge is 0.226 e. The minimum absolute atomic E-state index is 0.262. The Labute approximate surface area is 83.9 Å². The summed E-state index contributed by atoms with van der Waals surface area (Å²) in [5.41, 5.74) is 0.846. The first-order valence-corrected chi connectivity index (χ1v) is 4.24. The number of benzene rings is 1. The van der Waals surface area contributed by atoms with Gasteiger partial charge < -0.3 is 0 Å². The number of halogens is 1. The van der Waals surface area contributed by atoms with E-state index in [1.165, 1.54) is 0 Å². The lowest BCUT2D eigenvalue weighted by molar-refractivity contribution is -0.104. The summed E-state index contributed by atoms with van der Waals surface area (Å²) in [5.74, 6) is -0.598. The fourth-order valence-electron chi connectivity index (χ4n) is 1.30. The number of aldehydes is 1. The minimum Gasteiger partial charge on any atom is -0.294 e. The normalized spacial score (nSPS) is 10.4. The van der Waals surface area contributed by atoms with Crippen LogP contribution in [0.4, 0.5) is 0 Å². The van der Waals surface area contributed by atoms with Gasteiger partial charge in [-0.2, -0.15) is 5.10 Å². The molecule has 1 aromatic heterocycles. The van der Waals surface area contributed by atoms with Gasteiger partial charge in [-0.25, -0.2) is 0 Å². The van der Waals surface area contributed by atoms with Crippen LogP contribution in [0.1, 0.15) is 10.4 Å². The number of rotatable bonds is 2. The van der Waals surface area contributed by atoms with E-state index in [1.807, 2.05) is 0 Å². The summed E-state index contributed by atoms with van der Waals surface area (Å²) >= 11 is 5.79. The molecule has 0 saturated carbocycles. The second kappa shape index (κ2) is 3.23. The van der Waals surface area contributed by atoms with Crippen molar-refractivity contribution in [3.8, 4) is 0 Å². The van der Waals surface area contributed by atoms with Gasteiger partial charge in [-0.05, 0) is 6.07 Å². The SMILES string of the molecule is O=CC(=O)c1cccc2n[nH]c(Cl)c12. The number of hydrogen-bond acceptors (Lipinski definition) is 3. The van der Waals surface area contributed by atoms with Crippen LogP contribution in [-0.2, 0) is 4.79 Å². The van der Waals surface area contributed by atoms with Gasteiger partial charge >= 0.3 is 0 Å². The van der Waals surface area contributed by atoms with E-state index in [2.05, 4.69) is 10.2 Å². The van der Waals surface area contributed by atoms with Crippen LogP contribution in [0.15, 0.2) is 18.2 Å². The molecule has 2 aromatic rings. The predicted octanol–water partition coefficient (Wildman–Crippen LogP) is 1.60. The quantitative estimate of drug-likeness (QED) is 0.463. The highest BCUT2D eigenvalue weighted by Gasteiger charge is 2.13. The molecule has 14 heavy (non-hydrogen) atoms. The molecule has 0 amide bonds. The van der Waals surface area contributed by atoms with Crippen LogP contribution in [0.5, 0.6) is 0 Å². The molecule has 1 N–H and O–H groups in total. The van der Waals surface area contributed by atoms with Crippen molar-refractivity contribution in [3.05, 3.63) is 28.9 Å². The van der Waals surface area contributed by atoms with E-state index in [0.29, 0.717) is 10.9 Å². The first-order chi connectivity index (χ1) is 6.74. The van der Waals surface area contributed by atoms with Gasteiger partial charge in [-0.3, -0.25) is 14.7 Å². The number of ketones is 1. The molecule has 0 bridgehead atoms. The molecule has 4 nitrogen and oxygen atoms in total. The van der Waals surface area contributed by atoms with Gasteiger partial charge in [0.25, 0.3) is 0 Å². The molecule has 5 heteroatoms. The van der Waals surface area contributed by atoms with Gasteiger partial charge in [0.1, 0.15) is 5.15 Å². The molecular formula is C9H5ClN2O2. The van der Waals surface area contributed by atoms with Crippen molar-refractivity contribution in [1.29, 1.82) is 0 Å². The van der Waals surface area contributed by atoms with Crippen LogP contribution in [0, 0.1) is 0 Å². The number of nitrogens with one attached hydrogen (secondary N) is 1. The third-order valence-corrected chi connectivity index (χ3v) is 2.18. The Morgan fingerprint density at radius 2 is 2.29 bits per heavy atom. The zero-order valence-corrected chi connectivity index (χ0v) is 7.71. The zero-order valence-electron chi connectivity index (χ0n) is 6.95. The van der Waals surface area contributed by atoms with Gasteiger partial charge in [-0.1, -0.05) is 23.7 Å². The monoisotopic (exact) mass is 208 g/mol. The average Bonchev–Trinajstić information content (AvgIpc) is 2.59. The van der Waals surface area contributed by atoms with Gasteiger partial charge in [0.05, 0.1) is 5.52 Å². The van der Waals surface area contributed by atoms with Crippen LogP contribution in [0.3, 0.4) is 0 Å². The van der Waals surface area contributed by atoms with E-state index in [4.69, 9.17) is 11.6 Å². The van der Waals surface area contributed by atoms with Crippen molar-refractivity contribution in [2.24, 2.45) is 0 Å². The third kappa shape index (κ3) is 1.20. The summed E-state index contributed by atoms with van der Waals surface area (Å²) in [4.78, 5) is 21.6. The number of carbonyl (C=O) groups excluding carboxylic acids is 2. The molecule has 0 atom stereocenters. The van der Waals surface area contributed by atoms with Crippen LogP contribution in [0.25, 0.3) is 10.9 Å². The minimum atomic E-state index is -0.598. The molecule has 70 valence electrons. The van der Waals surface area contributed by atoms with Crippen molar-refractivity contribution < 1.29 is 9.59 Å². The van der Waals surface area contributed by atoms with Crippen LogP contribution < -0.4 is 0 Å². The molecule has 0 radical (unpaired) electrons. The Kier molecular flexibility index (Phi) is 2.05. The first-order valence-electron chi connectivity index (χ1n) is 3.86. The molecule has 1 aromatic carbocycles. The third-order valence-electron chi connectivity index (χ3n) is 1.91. The standard InChI is InChI=1S/C9H5ClN2O2/c10-9-8-5(7(14)4-13)2-1-3-6(8)11-12-9/h1-4H,(H,11,12). The zero-order chi connectivity index (χ0) is 10.1. The molecule has 0 spiro atoms. The molecule has 1 heterocycles. The van der Waals surface area contributed by atoms with Gasteiger partial charge in [0.15, 0.2) is 6.29 Å². The molecule has 0 saturated heterocycles. The van der Waals surface area contributed by atoms with Gasteiger partial charge in [-0.15, -0.1) is 0 Å². The number of Topliss-reactive ketones (excluding diaryl/α,β-unsaturated/α-hetero) is 1. The van der Waals surface area contributed by atoms with E-state index < -0.39 is 5.78 Å². The number of H-pyrrole nitrogens is 1. The molecule has 0 aliphatic rings. The second-order valence-corrected chi connectivity index (χ2v) is 3.10. The van der Waals surface area contributed by atoms with Gasteiger partial charge in [0, 0.05) is 10.9 Å². The van der Waals surface area contributed by atoms with Crippen molar-refractivity contribution in [3.63, 3.8) is 0 Å². The maximum atomic E-state index is 11.2.